The number of nitrogens with zero attached hydrogens (tertiary/aromatic N) is 1. The quantitative estimate of drug-likeness (QED) is 0.884. The fourth-order valence-electron chi connectivity index (χ4n) is 1.92. The van der Waals surface area contributed by atoms with Crippen molar-refractivity contribution < 1.29 is 4.74 Å². The van der Waals surface area contributed by atoms with Crippen molar-refractivity contribution in [2.45, 2.75) is 32.4 Å². The van der Waals surface area contributed by atoms with E-state index >= 15 is 0 Å². The highest BCUT2D eigenvalue weighted by molar-refractivity contribution is 6.31. The van der Waals surface area contributed by atoms with E-state index in [1.807, 2.05) is 30.3 Å². The highest BCUT2D eigenvalue weighted by Crippen LogP contribution is 2.28. The lowest BCUT2D eigenvalue weighted by Crippen LogP contribution is -2.22. The van der Waals surface area contributed by atoms with Crippen molar-refractivity contribution >= 4 is 11.6 Å². The SMILES string of the molecule is CCC(N)Cc1c(Cl)cccc1OCc1cccnc1. The van der Waals surface area contributed by atoms with E-state index in [0.29, 0.717) is 11.6 Å². The molecule has 1 heterocycles. The summed E-state index contributed by atoms with van der Waals surface area (Å²) in [7, 11) is 0. The van der Waals surface area contributed by atoms with Crippen LogP contribution in [0, 0.1) is 0 Å². The second-order valence-electron chi connectivity index (χ2n) is 4.74. The van der Waals surface area contributed by atoms with E-state index in [1.54, 1.807) is 12.4 Å². The minimum absolute atomic E-state index is 0.0932. The van der Waals surface area contributed by atoms with Gasteiger partial charge >= 0.3 is 0 Å². The maximum Gasteiger partial charge on any atom is 0.124 e. The van der Waals surface area contributed by atoms with Crippen LogP contribution in [0.3, 0.4) is 0 Å². The van der Waals surface area contributed by atoms with Crippen molar-refractivity contribution in [1.82, 2.24) is 4.98 Å². The zero-order valence-corrected chi connectivity index (χ0v) is 12.3. The van der Waals surface area contributed by atoms with Gasteiger partial charge in [-0.1, -0.05) is 30.7 Å². The molecule has 1 aromatic carbocycles. The Labute approximate surface area is 124 Å². The van der Waals surface area contributed by atoms with Crippen LogP contribution in [0.25, 0.3) is 0 Å². The summed E-state index contributed by atoms with van der Waals surface area (Å²) in [6.07, 6.45) is 5.17. The summed E-state index contributed by atoms with van der Waals surface area (Å²) in [5, 5.41) is 0.706. The Bertz CT molecular complexity index is 545. The summed E-state index contributed by atoms with van der Waals surface area (Å²) in [5.41, 5.74) is 8.03. The number of benzene rings is 1. The molecule has 4 heteroatoms. The molecule has 0 spiro atoms. The summed E-state index contributed by atoms with van der Waals surface area (Å²) < 4.78 is 5.87. The van der Waals surface area contributed by atoms with Gasteiger partial charge in [-0.2, -0.15) is 0 Å². The number of rotatable bonds is 6. The molecule has 2 N–H and O–H groups in total. The van der Waals surface area contributed by atoms with Gasteiger partial charge in [0.15, 0.2) is 0 Å². The molecule has 3 nitrogen and oxygen atoms in total. The van der Waals surface area contributed by atoms with E-state index in [0.717, 1.165) is 29.7 Å². The van der Waals surface area contributed by atoms with E-state index in [1.165, 1.54) is 0 Å². The highest BCUT2D eigenvalue weighted by atomic mass is 35.5. The summed E-state index contributed by atoms with van der Waals surface area (Å²) in [4.78, 5) is 4.07. The fourth-order valence-corrected chi connectivity index (χ4v) is 2.17. The van der Waals surface area contributed by atoms with Crippen LogP contribution in [0.4, 0.5) is 0 Å². The lowest BCUT2D eigenvalue weighted by molar-refractivity contribution is 0.301. The van der Waals surface area contributed by atoms with Gasteiger partial charge in [0, 0.05) is 34.6 Å². The summed E-state index contributed by atoms with van der Waals surface area (Å²) in [6, 6.07) is 9.66. The third kappa shape index (κ3) is 3.95. The van der Waals surface area contributed by atoms with Gasteiger partial charge in [0.05, 0.1) is 0 Å². The Morgan fingerprint density at radius 1 is 1.30 bits per heavy atom. The molecule has 2 rings (SSSR count). The molecule has 0 fully saturated rings. The molecule has 0 aliphatic carbocycles. The van der Waals surface area contributed by atoms with Crippen molar-refractivity contribution in [3.8, 4) is 5.75 Å². The molecule has 20 heavy (non-hydrogen) atoms. The van der Waals surface area contributed by atoms with Crippen molar-refractivity contribution in [2.24, 2.45) is 5.73 Å². The first kappa shape index (κ1) is 14.8. The molecular weight excluding hydrogens is 272 g/mol. The second kappa shape index (κ2) is 7.27. The molecule has 1 atom stereocenters. The third-order valence-corrected chi connectivity index (χ3v) is 3.54. The number of hydrogen-bond acceptors (Lipinski definition) is 3. The summed E-state index contributed by atoms with van der Waals surface area (Å²) >= 11 is 6.26. The maximum absolute atomic E-state index is 6.26. The van der Waals surface area contributed by atoms with E-state index in [-0.39, 0.29) is 6.04 Å². The van der Waals surface area contributed by atoms with Gasteiger partial charge in [0.25, 0.3) is 0 Å². The molecule has 0 aliphatic heterocycles. The number of pyridine rings is 1. The zero-order chi connectivity index (χ0) is 14.4. The van der Waals surface area contributed by atoms with Crippen LogP contribution in [0.5, 0.6) is 5.75 Å². The second-order valence-corrected chi connectivity index (χ2v) is 5.15. The Morgan fingerprint density at radius 2 is 2.15 bits per heavy atom. The molecule has 0 saturated carbocycles. The molecule has 0 amide bonds. The summed E-state index contributed by atoms with van der Waals surface area (Å²) in [5.74, 6) is 0.797. The topological polar surface area (TPSA) is 48.1 Å². The smallest absolute Gasteiger partial charge is 0.124 e. The van der Waals surface area contributed by atoms with Crippen molar-refractivity contribution in [3.05, 3.63) is 58.9 Å². The molecule has 1 aromatic heterocycles. The van der Waals surface area contributed by atoms with Crippen LogP contribution in [0.2, 0.25) is 5.02 Å². The largest absolute Gasteiger partial charge is 0.489 e. The van der Waals surface area contributed by atoms with Gasteiger partial charge in [0.1, 0.15) is 12.4 Å². The Hall–Kier alpha value is -1.58. The van der Waals surface area contributed by atoms with Gasteiger partial charge in [-0.3, -0.25) is 4.98 Å². The number of ether oxygens (including phenoxy) is 1. The Balaban J connectivity index is 2.12. The molecular formula is C16H19ClN2O. The van der Waals surface area contributed by atoms with Crippen LogP contribution in [0.15, 0.2) is 42.7 Å². The minimum Gasteiger partial charge on any atom is -0.489 e. The first-order valence-corrected chi connectivity index (χ1v) is 7.13. The van der Waals surface area contributed by atoms with Gasteiger partial charge in [-0.25, -0.2) is 0 Å². The van der Waals surface area contributed by atoms with Gasteiger partial charge < -0.3 is 10.5 Å². The standard InChI is InChI=1S/C16H19ClN2O/c1-2-13(18)9-14-15(17)6-3-7-16(14)20-11-12-5-4-8-19-10-12/h3-8,10,13H,2,9,11,18H2,1H3. The van der Waals surface area contributed by atoms with Gasteiger partial charge in [0.2, 0.25) is 0 Å². The van der Waals surface area contributed by atoms with Crippen LogP contribution in [-0.2, 0) is 13.0 Å². The van der Waals surface area contributed by atoms with E-state index < -0.39 is 0 Å². The third-order valence-electron chi connectivity index (χ3n) is 3.18. The van der Waals surface area contributed by atoms with Gasteiger partial charge in [-0.15, -0.1) is 0 Å². The first-order chi connectivity index (χ1) is 9.70. The molecule has 1 unspecified atom stereocenters. The normalized spacial score (nSPS) is 12.2. The number of aromatic nitrogens is 1. The van der Waals surface area contributed by atoms with Crippen LogP contribution >= 0.6 is 11.6 Å². The minimum atomic E-state index is 0.0932. The molecule has 0 radical (unpaired) electrons. The molecule has 0 bridgehead atoms. The lowest BCUT2D eigenvalue weighted by atomic mass is 10.0. The van der Waals surface area contributed by atoms with Crippen molar-refractivity contribution in [3.63, 3.8) is 0 Å². The average Bonchev–Trinajstić information content (AvgIpc) is 2.48. The monoisotopic (exact) mass is 290 g/mol. The highest BCUT2D eigenvalue weighted by Gasteiger charge is 2.12. The number of hydrogen-bond donors (Lipinski definition) is 1. The molecule has 0 aliphatic rings. The first-order valence-electron chi connectivity index (χ1n) is 6.75. The maximum atomic E-state index is 6.26. The predicted molar refractivity (Wildman–Crippen MR) is 82.0 cm³/mol. The lowest BCUT2D eigenvalue weighted by Gasteiger charge is -2.15. The number of nitrogens with two attached hydrogens (primary N) is 1. The van der Waals surface area contributed by atoms with Crippen LogP contribution < -0.4 is 10.5 Å². The van der Waals surface area contributed by atoms with E-state index in [4.69, 9.17) is 22.1 Å². The molecule has 0 saturated heterocycles. The molecule has 106 valence electrons. The Kier molecular flexibility index (Phi) is 5.39. The number of halogens is 1. The van der Waals surface area contributed by atoms with Gasteiger partial charge in [-0.05, 0) is 31.0 Å². The van der Waals surface area contributed by atoms with E-state index in [2.05, 4.69) is 11.9 Å². The van der Waals surface area contributed by atoms with Crippen LogP contribution in [0.1, 0.15) is 24.5 Å². The van der Waals surface area contributed by atoms with E-state index in [9.17, 15) is 0 Å². The predicted octanol–water partition coefficient (Wildman–Crippen LogP) is 3.59. The van der Waals surface area contributed by atoms with Crippen molar-refractivity contribution in [1.29, 1.82) is 0 Å². The van der Waals surface area contributed by atoms with Crippen molar-refractivity contribution in [2.75, 3.05) is 0 Å². The van der Waals surface area contributed by atoms with Crippen LogP contribution in [-0.4, -0.2) is 11.0 Å². The molecule has 2 aromatic rings. The average molecular weight is 291 g/mol. The fraction of sp³-hybridized carbons (Fsp3) is 0.312. The Morgan fingerprint density at radius 3 is 2.85 bits per heavy atom. The summed E-state index contributed by atoms with van der Waals surface area (Å²) in [6.45, 7) is 2.54. The zero-order valence-electron chi connectivity index (χ0n) is 11.6.